The van der Waals surface area contributed by atoms with Crippen molar-refractivity contribution in [2.45, 2.75) is 52.5 Å². The van der Waals surface area contributed by atoms with E-state index in [1.54, 1.807) is 0 Å². The van der Waals surface area contributed by atoms with Crippen molar-refractivity contribution in [2.75, 3.05) is 46.3 Å². The van der Waals surface area contributed by atoms with E-state index in [4.69, 9.17) is 0 Å². The third-order valence-corrected chi connectivity index (χ3v) is 4.56. The summed E-state index contributed by atoms with van der Waals surface area (Å²) in [6.07, 6.45) is 5.19. The van der Waals surface area contributed by atoms with Crippen molar-refractivity contribution in [3.63, 3.8) is 0 Å². The first kappa shape index (κ1) is 16.9. The molecule has 1 aliphatic heterocycles. The molecule has 0 spiro atoms. The Labute approximate surface area is 120 Å². The number of hydrogen-bond donors (Lipinski definition) is 1. The lowest BCUT2D eigenvalue weighted by Crippen LogP contribution is -2.45. The molecule has 2 unspecified atom stereocenters. The second-order valence-electron chi connectivity index (χ2n) is 6.31. The first-order valence-electron chi connectivity index (χ1n) is 8.30. The lowest BCUT2D eigenvalue weighted by molar-refractivity contribution is 0.152. The van der Waals surface area contributed by atoms with Gasteiger partial charge in [0.25, 0.3) is 0 Å². The van der Waals surface area contributed by atoms with Gasteiger partial charge in [0.05, 0.1) is 0 Å². The lowest BCUT2D eigenvalue weighted by atomic mass is 9.98. The van der Waals surface area contributed by atoms with Gasteiger partial charge in [-0.25, -0.2) is 0 Å². The molecule has 0 saturated carbocycles. The maximum atomic E-state index is 3.75. The van der Waals surface area contributed by atoms with Crippen molar-refractivity contribution in [2.24, 2.45) is 5.92 Å². The summed E-state index contributed by atoms with van der Waals surface area (Å²) in [4.78, 5) is 5.03. The Morgan fingerprint density at radius 3 is 2.32 bits per heavy atom. The van der Waals surface area contributed by atoms with Crippen LogP contribution in [0.25, 0.3) is 0 Å². The molecule has 2 atom stereocenters. The van der Waals surface area contributed by atoms with Crippen LogP contribution in [-0.2, 0) is 0 Å². The fourth-order valence-electron chi connectivity index (χ4n) is 2.73. The molecule has 0 aliphatic carbocycles. The molecule has 0 radical (unpaired) electrons. The SMILES string of the molecule is CCC(C)CC(CC)NCCCN1CCN(C)CC1. The third kappa shape index (κ3) is 7.28. The molecule has 114 valence electrons. The Kier molecular flexibility index (Phi) is 8.67. The minimum atomic E-state index is 0.724. The molecule has 1 fully saturated rings. The van der Waals surface area contributed by atoms with Crippen LogP contribution in [0, 0.1) is 5.92 Å². The maximum Gasteiger partial charge on any atom is 0.0110 e. The molecule has 0 aromatic carbocycles. The smallest absolute Gasteiger partial charge is 0.0110 e. The topological polar surface area (TPSA) is 18.5 Å². The van der Waals surface area contributed by atoms with Crippen molar-refractivity contribution in [1.29, 1.82) is 0 Å². The second-order valence-corrected chi connectivity index (χ2v) is 6.31. The Bertz CT molecular complexity index is 212. The van der Waals surface area contributed by atoms with Gasteiger partial charge < -0.3 is 15.1 Å². The van der Waals surface area contributed by atoms with Gasteiger partial charge in [-0.2, -0.15) is 0 Å². The van der Waals surface area contributed by atoms with Crippen LogP contribution in [0.3, 0.4) is 0 Å². The molecule has 1 saturated heterocycles. The fraction of sp³-hybridized carbons (Fsp3) is 1.00. The van der Waals surface area contributed by atoms with Gasteiger partial charge in [0.2, 0.25) is 0 Å². The molecule has 1 aliphatic rings. The van der Waals surface area contributed by atoms with Crippen LogP contribution in [0.2, 0.25) is 0 Å². The quantitative estimate of drug-likeness (QED) is 0.649. The summed E-state index contributed by atoms with van der Waals surface area (Å²) in [5.74, 6) is 0.857. The summed E-state index contributed by atoms with van der Waals surface area (Å²) in [5, 5.41) is 3.75. The molecule has 3 nitrogen and oxygen atoms in total. The number of nitrogens with zero attached hydrogens (tertiary/aromatic N) is 2. The summed E-state index contributed by atoms with van der Waals surface area (Å²) < 4.78 is 0. The molecule has 1 rings (SSSR count). The number of piperazine rings is 1. The highest BCUT2D eigenvalue weighted by molar-refractivity contribution is 4.71. The largest absolute Gasteiger partial charge is 0.314 e. The lowest BCUT2D eigenvalue weighted by Gasteiger charge is -2.32. The average Bonchev–Trinajstić information content (AvgIpc) is 2.43. The third-order valence-electron chi connectivity index (χ3n) is 4.56. The van der Waals surface area contributed by atoms with Crippen LogP contribution < -0.4 is 5.32 Å². The van der Waals surface area contributed by atoms with E-state index >= 15 is 0 Å². The van der Waals surface area contributed by atoms with E-state index < -0.39 is 0 Å². The minimum Gasteiger partial charge on any atom is -0.314 e. The van der Waals surface area contributed by atoms with Crippen molar-refractivity contribution in [3.05, 3.63) is 0 Å². The number of nitrogens with one attached hydrogen (secondary N) is 1. The van der Waals surface area contributed by atoms with E-state index in [2.05, 4.69) is 42.9 Å². The first-order valence-corrected chi connectivity index (χ1v) is 8.30. The highest BCUT2D eigenvalue weighted by atomic mass is 15.2. The fourth-order valence-corrected chi connectivity index (χ4v) is 2.73. The van der Waals surface area contributed by atoms with E-state index in [9.17, 15) is 0 Å². The van der Waals surface area contributed by atoms with Gasteiger partial charge in [-0.15, -0.1) is 0 Å². The van der Waals surface area contributed by atoms with Gasteiger partial charge in [0.15, 0.2) is 0 Å². The van der Waals surface area contributed by atoms with Crippen molar-refractivity contribution < 1.29 is 0 Å². The van der Waals surface area contributed by atoms with Gasteiger partial charge >= 0.3 is 0 Å². The van der Waals surface area contributed by atoms with Gasteiger partial charge in [0.1, 0.15) is 0 Å². The molecule has 0 aromatic rings. The molecule has 19 heavy (non-hydrogen) atoms. The van der Waals surface area contributed by atoms with Gasteiger partial charge in [-0.1, -0.05) is 27.2 Å². The Hall–Kier alpha value is -0.120. The summed E-state index contributed by atoms with van der Waals surface area (Å²) in [6.45, 7) is 14.4. The van der Waals surface area contributed by atoms with Gasteiger partial charge in [-0.3, -0.25) is 0 Å². The van der Waals surface area contributed by atoms with Gasteiger partial charge in [-0.05, 0) is 45.3 Å². The summed E-state index contributed by atoms with van der Waals surface area (Å²) in [6, 6.07) is 0.724. The Morgan fingerprint density at radius 1 is 1.05 bits per heavy atom. The number of likely N-dealkylation sites (N-methyl/N-ethyl adjacent to an activating group) is 1. The van der Waals surface area contributed by atoms with E-state index in [1.165, 1.54) is 65.0 Å². The van der Waals surface area contributed by atoms with Crippen molar-refractivity contribution in [1.82, 2.24) is 15.1 Å². The molecule has 0 aromatic heterocycles. The van der Waals surface area contributed by atoms with Crippen molar-refractivity contribution >= 4 is 0 Å². The molecule has 0 amide bonds. The zero-order chi connectivity index (χ0) is 14.1. The zero-order valence-corrected chi connectivity index (χ0v) is 13.6. The second kappa shape index (κ2) is 9.73. The summed E-state index contributed by atoms with van der Waals surface area (Å²) in [7, 11) is 2.22. The highest BCUT2D eigenvalue weighted by Gasteiger charge is 2.13. The Morgan fingerprint density at radius 2 is 1.74 bits per heavy atom. The van der Waals surface area contributed by atoms with Crippen LogP contribution >= 0.6 is 0 Å². The van der Waals surface area contributed by atoms with E-state index in [0.717, 1.165) is 12.0 Å². The predicted octanol–water partition coefficient (Wildman–Crippen LogP) is 2.43. The molecule has 3 heteroatoms. The highest BCUT2D eigenvalue weighted by Crippen LogP contribution is 2.11. The standard InChI is InChI=1S/C16H35N3/c1-5-15(3)14-16(6-2)17-8-7-9-19-12-10-18(4)11-13-19/h15-17H,5-14H2,1-4H3. The molecule has 1 heterocycles. The minimum absolute atomic E-state index is 0.724. The van der Waals surface area contributed by atoms with E-state index in [0.29, 0.717) is 0 Å². The molecular weight excluding hydrogens is 234 g/mol. The zero-order valence-electron chi connectivity index (χ0n) is 13.6. The summed E-state index contributed by atoms with van der Waals surface area (Å²) in [5.41, 5.74) is 0. The van der Waals surface area contributed by atoms with E-state index in [1.807, 2.05) is 0 Å². The number of hydrogen-bond acceptors (Lipinski definition) is 3. The monoisotopic (exact) mass is 269 g/mol. The van der Waals surface area contributed by atoms with Crippen LogP contribution in [0.4, 0.5) is 0 Å². The summed E-state index contributed by atoms with van der Waals surface area (Å²) >= 11 is 0. The molecular formula is C16H35N3. The van der Waals surface area contributed by atoms with Crippen LogP contribution in [-0.4, -0.2) is 62.2 Å². The van der Waals surface area contributed by atoms with Crippen LogP contribution in [0.5, 0.6) is 0 Å². The maximum absolute atomic E-state index is 3.75. The van der Waals surface area contributed by atoms with Crippen LogP contribution in [0.1, 0.15) is 46.5 Å². The molecule has 0 bridgehead atoms. The molecule has 1 N–H and O–H groups in total. The average molecular weight is 269 g/mol. The normalized spacial score (nSPS) is 21.5. The first-order chi connectivity index (χ1) is 9.15. The van der Waals surface area contributed by atoms with Crippen LogP contribution in [0.15, 0.2) is 0 Å². The van der Waals surface area contributed by atoms with Crippen molar-refractivity contribution in [3.8, 4) is 0 Å². The number of rotatable bonds is 9. The van der Waals surface area contributed by atoms with E-state index in [-0.39, 0.29) is 0 Å². The van der Waals surface area contributed by atoms with Gasteiger partial charge in [0, 0.05) is 32.2 Å². The Balaban J connectivity index is 2.05. The predicted molar refractivity (Wildman–Crippen MR) is 84.7 cm³/mol.